The Labute approximate surface area is 326 Å². The zero-order chi connectivity index (χ0) is 37.3. The monoisotopic (exact) mass is 716 g/mol. The van der Waals surface area contributed by atoms with Crippen LogP contribution in [0.25, 0.3) is 54.8 Å². The molecule has 0 N–H and O–H groups in total. The van der Waals surface area contributed by atoms with Gasteiger partial charge in [-0.2, -0.15) is 0 Å². The van der Waals surface area contributed by atoms with Crippen LogP contribution in [-0.4, -0.2) is 9.97 Å². The summed E-state index contributed by atoms with van der Waals surface area (Å²) in [5.41, 5.74) is 10.5. The normalized spacial score (nSPS) is 11.2. The van der Waals surface area contributed by atoms with E-state index in [9.17, 15) is 0 Å². The lowest BCUT2D eigenvalue weighted by atomic mass is 9.87. The molecule has 56 heavy (non-hydrogen) atoms. The van der Waals surface area contributed by atoms with Gasteiger partial charge >= 0.3 is 0 Å². The second kappa shape index (κ2) is 14.3. The first-order valence-corrected chi connectivity index (χ1v) is 18.9. The van der Waals surface area contributed by atoms with Gasteiger partial charge in [0.25, 0.3) is 0 Å². The molecular weight excluding hydrogens is 681 g/mol. The SMILES string of the molecule is c1ccc(N(c2ccccc2)c2ccc3c(-c4ccccn4)c4cc(N(c5ccccc5)c5ccc6ccccc6c5)ccc4c(-c4ccccn4)c3c2)cc1. The van der Waals surface area contributed by atoms with Crippen molar-refractivity contribution in [1.29, 1.82) is 0 Å². The highest BCUT2D eigenvalue weighted by molar-refractivity contribution is 6.22. The van der Waals surface area contributed by atoms with Crippen LogP contribution in [-0.2, 0) is 0 Å². The van der Waals surface area contributed by atoms with Crippen LogP contribution < -0.4 is 9.80 Å². The highest BCUT2D eigenvalue weighted by atomic mass is 15.1. The zero-order valence-electron chi connectivity index (χ0n) is 30.6. The van der Waals surface area contributed by atoms with Crippen LogP contribution in [0.2, 0.25) is 0 Å². The van der Waals surface area contributed by atoms with Gasteiger partial charge in [-0.1, -0.05) is 109 Å². The Kier molecular flexibility index (Phi) is 8.47. The molecule has 0 atom stereocenters. The third kappa shape index (κ3) is 6.00. The lowest BCUT2D eigenvalue weighted by molar-refractivity contribution is 1.29. The second-order valence-electron chi connectivity index (χ2n) is 13.8. The average Bonchev–Trinajstić information content (AvgIpc) is 3.27. The number of para-hydroxylation sites is 3. The van der Waals surface area contributed by atoms with Gasteiger partial charge in [-0.3, -0.25) is 9.97 Å². The molecule has 4 nitrogen and oxygen atoms in total. The van der Waals surface area contributed by atoms with E-state index < -0.39 is 0 Å². The van der Waals surface area contributed by atoms with Crippen LogP contribution in [0.1, 0.15) is 0 Å². The Morgan fingerprint density at radius 2 is 0.661 bits per heavy atom. The lowest BCUT2D eigenvalue weighted by Gasteiger charge is -2.28. The van der Waals surface area contributed by atoms with E-state index in [1.165, 1.54) is 10.8 Å². The smallest absolute Gasteiger partial charge is 0.0714 e. The van der Waals surface area contributed by atoms with Crippen LogP contribution in [0.5, 0.6) is 0 Å². The largest absolute Gasteiger partial charge is 0.310 e. The molecule has 10 aromatic rings. The molecule has 10 rings (SSSR count). The summed E-state index contributed by atoms with van der Waals surface area (Å²) in [6.07, 6.45) is 3.77. The third-order valence-corrected chi connectivity index (χ3v) is 10.5. The average molecular weight is 717 g/mol. The van der Waals surface area contributed by atoms with Crippen LogP contribution in [0, 0.1) is 0 Å². The fourth-order valence-corrected chi connectivity index (χ4v) is 8.00. The van der Waals surface area contributed by atoms with Crippen molar-refractivity contribution in [2.45, 2.75) is 0 Å². The van der Waals surface area contributed by atoms with Crippen molar-refractivity contribution in [3.05, 3.63) is 219 Å². The Balaban J connectivity index is 1.28. The molecule has 0 bridgehead atoms. The zero-order valence-corrected chi connectivity index (χ0v) is 30.6. The Morgan fingerprint density at radius 3 is 1.12 bits per heavy atom. The molecule has 0 spiro atoms. The van der Waals surface area contributed by atoms with Crippen LogP contribution in [0.3, 0.4) is 0 Å². The molecule has 0 aliphatic rings. The summed E-state index contributed by atoms with van der Waals surface area (Å²) in [6, 6.07) is 73.0. The maximum absolute atomic E-state index is 4.99. The summed E-state index contributed by atoms with van der Waals surface area (Å²) in [5.74, 6) is 0. The van der Waals surface area contributed by atoms with Gasteiger partial charge in [-0.15, -0.1) is 0 Å². The number of aromatic nitrogens is 2. The minimum Gasteiger partial charge on any atom is -0.310 e. The molecule has 0 radical (unpaired) electrons. The number of nitrogens with zero attached hydrogens (tertiary/aromatic N) is 4. The first-order valence-electron chi connectivity index (χ1n) is 18.9. The van der Waals surface area contributed by atoms with Crippen LogP contribution in [0.15, 0.2) is 219 Å². The Hall–Kier alpha value is -7.56. The summed E-state index contributed by atoms with van der Waals surface area (Å²) in [6.45, 7) is 0. The Bertz CT molecular complexity index is 2910. The molecule has 4 heteroatoms. The molecule has 0 saturated carbocycles. The first kappa shape index (κ1) is 33.0. The van der Waals surface area contributed by atoms with Gasteiger partial charge < -0.3 is 9.80 Å². The minimum atomic E-state index is 0.917. The molecule has 8 aromatic carbocycles. The van der Waals surface area contributed by atoms with E-state index in [1.54, 1.807) is 0 Å². The predicted molar refractivity (Wildman–Crippen MR) is 235 cm³/mol. The number of hydrogen-bond donors (Lipinski definition) is 0. The fourth-order valence-electron chi connectivity index (χ4n) is 8.00. The number of rotatable bonds is 8. The summed E-state index contributed by atoms with van der Waals surface area (Å²) in [4.78, 5) is 14.6. The number of pyridine rings is 2. The first-order chi connectivity index (χ1) is 27.8. The molecular formula is C52H36N4. The van der Waals surface area contributed by atoms with Crippen LogP contribution in [0.4, 0.5) is 34.1 Å². The molecule has 0 fully saturated rings. The number of hydrogen-bond acceptors (Lipinski definition) is 4. The Morgan fingerprint density at radius 1 is 0.268 bits per heavy atom. The topological polar surface area (TPSA) is 32.3 Å². The maximum Gasteiger partial charge on any atom is 0.0714 e. The van der Waals surface area contributed by atoms with Gasteiger partial charge in [0.1, 0.15) is 0 Å². The molecule has 0 aliphatic carbocycles. The lowest BCUT2D eigenvalue weighted by Crippen LogP contribution is -2.10. The molecule has 0 amide bonds. The van der Waals surface area contributed by atoms with E-state index in [1.807, 2.05) is 24.5 Å². The van der Waals surface area contributed by atoms with Gasteiger partial charge in [0.15, 0.2) is 0 Å². The standard InChI is InChI=1S/C52H36N4/c1-4-18-39(19-5-1)55(40-20-6-2-7-21-40)43-28-30-45-47(35-43)51(49-24-12-14-32-53-49)46-31-29-44(36-48(46)52(45)50-25-13-15-33-54-50)56(41-22-8-3-9-23-41)42-27-26-37-16-10-11-17-38(37)34-42/h1-36H. The second-order valence-corrected chi connectivity index (χ2v) is 13.8. The van der Waals surface area contributed by atoms with Crippen molar-refractivity contribution in [1.82, 2.24) is 9.97 Å². The van der Waals surface area contributed by atoms with Crippen molar-refractivity contribution < 1.29 is 0 Å². The molecule has 2 heterocycles. The molecule has 264 valence electrons. The minimum absolute atomic E-state index is 0.917. The molecule has 0 unspecified atom stereocenters. The van der Waals surface area contributed by atoms with Crippen molar-refractivity contribution in [2.75, 3.05) is 9.80 Å². The summed E-state index contributed by atoms with van der Waals surface area (Å²) in [7, 11) is 0. The van der Waals surface area contributed by atoms with Crippen molar-refractivity contribution >= 4 is 66.4 Å². The van der Waals surface area contributed by atoms with E-state index in [0.29, 0.717) is 0 Å². The van der Waals surface area contributed by atoms with E-state index in [2.05, 4.69) is 204 Å². The van der Waals surface area contributed by atoms with Gasteiger partial charge in [0.05, 0.1) is 11.4 Å². The number of benzene rings is 8. The molecule has 2 aromatic heterocycles. The van der Waals surface area contributed by atoms with Gasteiger partial charge in [-0.25, -0.2) is 0 Å². The summed E-state index contributed by atoms with van der Waals surface area (Å²) in [5, 5.41) is 6.83. The van der Waals surface area contributed by atoms with Crippen molar-refractivity contribution in [2.24, 2.45) is 0 Å². The van der Waals surface area contributed by atoms with Crippen LogP contribution >= 0.6 is 0 Å². The quantitative estimate of drug-likeness (QED) is 0.147. The summed E-state index contributed by atoms with van der Waals surface area (Å²) < 4.78 is 0. The number of fused-ring (bicyclic) bond motifs is 3. The van der Waals surface area contributed by atoms with Gasteiger partial charge in [0, 0.05) is 57.6 Å². The highest BCUT2D eigenvalue weighted by Crippen LogP contribution is 2.47. The van der Waals surface area contributed by atoms with Crippen molar-refractivity contribution in [3.63, 3.8) is 0 Å². The molecule has 0 aliphatic heterocycles. The molecule has 0 saturated heterocycles. The summed E-state index contributed by atoms with van der Waals surface area (Å²) >= 11 is 0. The van der Waals surface area contributed by atoms with Gasteiger partial charge in [-0.05, 0) is 129 Å². The van der Waals surface area contributed by atoms with Crippen molar-refractivity contribution in [3.8, 4) is 22.5 Å². The fraction of sp³-hybridized carbons (Fsp3) is 0. The van der Waals surface area contributed by atoms with E-state index in [4.69, 9.17) is 9.97 Å². The maximum atomic E-state index is 4.99. The van der Waals surface area contributed by atoms with Gasteiger partial charge in [0.2, 0.25) is 0 Å². The highest BCUT2D eigenvalue weighted by Gasteiger charge is 2.22. The predicted octanol–water partition coefficient (Wildman–Crippen LogP) is 14.2. The van der Waals surface area contributed by atoms with E-state index >= 15 is 0 Å². The van der Waals surface area contributed by atoms with E-state index in [0.717, 1.165) is 78.2 Å². The number of anilines is 6. The third-order valence-electron chi connectivity index (χ3n) is 10.5. The van der Waals surface area contributed by atoms with E-state index in [-0.39, 0.29) is 0 Å².